The van der Waals surface area contributed by atoms with E-state index < -0.39 is 0 Å². The van der Waals surface area contributed by atoms with E-state index in [9.17, 15) is 9.50 Å². The van der Waals surface area contributed by atoms with Crippen molar-refractivity contribution in [2.24, 2.45) is 5.92 Å². The number of hydrogen-bond donors (Lipinski definition) is 2. The molecule has 2 rings (SSSR count). The van der Waals surface area contributed by atoms with Crippen LogP contribution in [0.2, 0.25) is 0 Å². The van der Waals surface area contributed by atoms with Crippen molar-refractivity contribution >= 4 is 5.82 Å². The number of hydrogen-bond acceptors (Lipinski definition) is 3. The number of nitrogens with one attached hydrogen (secondary N) is 1. The summed E-state index contributed by atoms with van der Waals surface area (Å²) >= 11 is 0. The van der Waals surface area contributed by atoms with Gasteiger partial charge in [0.1, 0.15) is 0 Å². The van der Waals surface area contributed by atoms with Crippen LogP contribution >= 0.6 is 0 Å². The van der Waals surface area contributed by atoms with Gasteiger partial charge in [0.2, 0.25) is 0 Å². The van der Waals surface area contributed by atoms with E-state index in [2.05, 4.69) is 10.3 Å². The van der Waals surface area contributed by atoms with Crippen LogP contribution in [-0.4, -0.2) is 22.7 Å². The van der Waals surface area contributed by atoms with E-state index in [1.165, 1.54) is 6.07 Å². The zero-order valence-electron chi connectivity index (χ0n) is 9.19. The van der Waals surface area contributed by atoms with Crippen LogP contribution in [-0.2, 0) is 0 Å². The maximum atomic E-state index is 13.4. The van der Waals surface area contributed by atoms with Gasteiger partial charge in [0.25, 0.3) is 0 Å². The Labute approximate surface area is 94.7 Å². The number of nitrogens with zero attached hydrogens (tertiary/aromatic N) is 1. The Morgan fingerprint density at radius 3 is 3.00 bits per heavy atom. The van der Waals surface area contributed by atoms with E-state index in [0.29, 0.717) is 5.82 Å². The molecule has 2 unspecified atom stereocenters. The van der Waals surface area contributed by atoms with Crippen LogP contribution < -0.4 is 5.32 Å². The van der Waals surface area contributed by atoms with Crippen LogP contribution in [0.5, 0.6) is 0 Å². The van der Waals surface area contributed by atoms with Crippen molar-refractivity contribution in [2.45, 2.75) is 31.7 Å². The summed E-state index contributed by atoms with van der Waals surface area (Å²) < 4.78 is 13.4. The minimum atomic E-state index is -0.329. The fraction of sp³-hybridized carbons (Fsp3) is 0.583. The first-order chi connectivity index (χ1) is 7.81. The minimum Gasteiger partial charge on any atom is -0.396 e. The van der Waals surface area contributed by atoms with Gasteiger partial charge in [-0.15, -0.1) is 0 Å². The molecule has 0 bridgehead atoms. The van der Waals surface area contributed by atoms with E-state index in [1.807, 2.05) is 0 Å². The van der Waals surface area contributed by atoms with Gasteiger partial charge in [0.05, 0.1) is 0 Å². The molecule has 0 amide bonds. The van der Waals surface area contributed by atoms with Crippen molar-refractivity contribution in [3.05, 3.63) is 24.1 Å². The molecule has 88 valence electrons. The second-order valence-corrected chi connectivity index (χ2v) is 4.31. The van der Waals surface area contributed by atoms with Crippen molar-refractivity contribution in [3.8, 4) is 0 Å². The van der Waals surface area contributed by atoms with E-state index in [0.717, 1.165) is 25.7 Å². The molecule has 3 nitrogen and oxygen atoms in total. The highest BCUT2D eigenvalue weighted by Gasteiger charge is 2.25. The number of pyridine rings is 1. The Kier molecular flexibility index (Phi) is 3.72. The molecule has 0 aromatic carbocycles. The minimum absolute atomic E-state index is 0.142. The molecule has 16 heavy (non-hydrogen) atoms. The Morgan fingerprint density at radius 2 is 2.25 bits per heavy atom. The molecule has 4 heteroatoms. The average molecular weight is 224 g/mol. The van der Waals surface area contributed by atoms with Gasteiger partial charge in [-0.05, 0) is 25.0 Å². The lowest BCUT2D eigenvalue weighted by Gasteiger charge is -2.31. The number of aromatic nitrogens is 1. The third kappa shape index (κ3) is 2.50. The normalized spacial score (nSPS) is 25.4. The van der Waals surface area contributed by atoms with Gasteiger partial charge in [0.15, 0.2) is 11.6 Å². The molecule has 0 aliphatic heterocycles. The van der Waals surface area contributed by atoms with Crippen LogP contribution in [0.3, 0.4) is 0 Å². The summed E-state index contributed by atoms with van der Waals surface area (Å²) in [5.41, 5.74) is 0. The Balaban J connectivity index is 2.05. The van der Waals surface area contributed by atoms with Gasteiger partial charge in [0, 0.05) is 24.8 Å². The van der Waals surface area contributed by atoms with Crippen molar-refractivity contribution in [1.29, 1.82) is 0 Å². The van der Waals surface area contributed by atoms with Crippen molar-refractivity contribution in [3.63, 3.8) is 0 Å². The van der Waals surface area contributed by atoms with Crippen molar-refractivity contribution in [1.82, 2.24) is 4.98 Å². The molecule has 1 heterocycles. The van der Waals surface area contributed by atoms with Crippen LogP contribution in [0.15, 0.2) is 18.3 Å². The van der Waals surface area contributed by atoms with Gasteiger partial charge >= 0.3 is 0 Å². The van der Waals surface area contributed by atoms with Crippen LogP contribution in [0.4, 0.5) is 10.2 Å². The Bertz CT molecular complexity index is 346. The van der Waals surface area contributed by atoms with Crippen LogP contribution in [0.1, 0.15) is 25.7 Å². The summed E-state index contributed by atoms with van der Waals surface area (Å²) in [6, 6.07) is 3.11. The SMILES string of the molecule is OCC1CCCCC1Nc1ncccc1F. The van der Waals surface area contributed by atoms with E-state index in [4.69, 9.17) is 0 Å². The third-order valence-corrected chi connectivity index (χ3v) is 3.22. The highest BCUT2D eigenvalue weighted by molar-refractivity contribution is 5.36. The van der Waals surface area contributed by atoms with Gasteiger partial charge < -0.3 is 10.4 Å². The van der Waals surface area contributed by atoms with Gasteiger partial charge in [-0.1, -0.05) is 12.8 Å². The molecule has 2 N–H and O–H groups in total. The summed E-state index contributed by atoms with van der Waals surface area (Å²) in [6.45, 7) is 0.159. The van der Waals surface area contributed by atoms with Gasteiger partial charge in [-0.3, -0.25) is 0 Å². The maximum absolute atomic E-state index is 13.4. The van der Waals surface area contributed by atoms with E-state index in [-0.39, 0.29) is 24.4 Å². The number of rotatable bonds is 3. The molecular formula is C12H17FN2O. The first kappa shape index (κ1) is 11.3. The standard InChI is InChI=1S/C12H17FN2O/c13-10-5-3-7-14-12(10)15-11-6-2-1-4-9(11)8-16/h3,5,7,9,11,16H,1-2,4,6,8H2,(H,14,15). The molecule has 0 saturated heterocycles. The summed E-state index contributed by atoms with van der Waals surface area (Å²) in [5.74, 6) is 0.188. The molecule has 1 aliphatic carbocycles. The summed E-state index contributed by atoms with van der Waals surface area (Å²) in [7, 11) is 0. The third-order valence-electron chi connectivity index (χ3n) is 3.22. The van der Waals surface area contributed by atoms with Crippen molar-refractivity contribution < 1.29 is 9.50 Å². The van der Waals surface area contributed by atoms with E-state index in [1.54, 1.807) is 12.3 Å². The maximum Gasteiger partial charge on any atom is 0.165 e. The molecule has 0 spiro atoms. The Hall–Kier alpha value is -1.16. The number of aliphatic hydroxyl groups excluding tert-OH is 1. The lowest BCUT2D eigenvalue weighted by molar-refractivity contribution is 0.178. The lowest BCUT2D eigenvalue weighted by Crippen LogP contribution is -2.34. The molecular weight excluding hydrogens is 207 g/mol. The van der Waals surface area contributed by atoms with Gasteiger partial charge in [-0.25, -0.2) is 9.37 Å². The highest BCUT2D eigenvalue weighted by Crippen LogP contribution is 2.26. The molecule has 1 aromatic rings. The summed E-state index contributed by atoms with van der Waals surface area (Å²) in [6.07, 6.45) is 5.82. The molecule has 2 atom stereocenters. The second-order valence-electron chi connectivity index (χ2n) is 4.31. The molecule has 1 aliphatic rings. The second kappa shape index (κ2) is 5.25. The predicted molar refractivity (Wildman–Crippen MR) is 60.6 cm³/mol. The summed E-state index contributed by atoms with van der Waals surface area (Å²) in [5, 5.41) is 12.4. The van der Waals surface area contributed by atoms with Gasteiger partial charge in [-0.2, -0.15) is 0 Å². The monoisotopic (exact) mass is 224 g/mol. The zero-order valence-corrected chi connectivity index (χ0v) is 9.19. The quantitative estimate of drug-likeness (QED) is 0.827. The number of aliphatic hydroxyl groups is 1. The smallest absolute Gasteiger partial charge is 0.165 e. The number of anilines is 1. The topological polar surface area (TPSA) is 45.1 Å². The van der Waals surface area contributed by atoms with Crippen LogP contribution in [0.25, 0.3) is 0 Å². The fourth-order valence-corrected chi connectivity index (χ4v) is 2.28. The van der Waals surface area contributed by atoms with Crippen LogP contribution in [0, 0.1) is 11.7 Å². The lowest BCUT2D eigenvalue weighted by atomic mass is 9.85. The average Bonchev–Trinajstić information content (AvgIpc) is 2.33. The molecule has 1 fully saturated rings. The predicted octanol–water partition coefficient (Wildman–Crippen LogP) is 2.18. The van der Waals surface area contributed by atoms with Crippen molar-refractivity contribution in [2.75, 3.05) is 11.9 Å². The fourth-order valence-electron chi connectivity index (χ4n) is 2.28. The molecule has 1 saturated carbocycles. The summed E-state index contributed by atoms with van der Waals surface area (Å²) in [4.78, 5) is 3.97. The molecule has 1 aromatic heterocycles. The van der Waals surface area contributed by atoms with E-state index >= 15 is 0 Å². The first-order valence-electron chi connectivity index (χ1n) is 5.79. The molecule has 0 radical (unpaired) electrons. The zero-order chi connectivity index (χ0) is 11.4. The highest BCUT2D eigenvalue weighted by atomic mass is 19.1. The first-order valence-corrected chi connectivity index (χ1v) is 5.79. The largest absolute Gasteiger partial charge is 0.396 e. The number of halogens is 1. The Morgan fingerprint density at radius 1 is 1.44 bits per heavy atom.